The summed E-state index contributed by atoms with van der Waals surface area (Å²) < 4.78 is 15.3. The maximum absolute atomic E-state index is 11.9. The fraction of sp³-hybridized carbons (Fsp3) is 0.625. The molecular formula is C16H27NO5. The van der Waals surface area contributed by atoms with Crippen LogP contribution in [0.4, 0.5) is 4.79 Å². The van der Waals surface area contributed by atoms with Crippen LogP contribution in [0.25, 0.3) is 0 Å². The van der Waals surface area contributed by atoms with E-state index in [1.165, 1.54) is 13.2 Å². The smallest absolute Gasteiger partial charge is 0.408 e. The summed E-state index contributed by atoms with van der Waals surface area (Å²) in [6.45, 7) is 9.24. The number of carbonyl (C=O) groups is 2. The molecule has 0 saturated carbocycles. The molecule has 6 heteroatoms. The average molecular weight is 313 g/mol. The van der Waals surface area contributed by atoms with Crippen molar-refractivity contribution in [2.24, 2.45) is 5.92 Å². The lowest BCUT2D eigenvalue weighted by Gasteiger charge is -2.24. The molecule has 6 nitrogen and oxygen atoms in total. The van der Waals surface area contributed by atoms with Crippen LogP contribution in [-0.2, 0) is 9.47 Å². The summed E-state index contributed by atoms with van der Waals surface area (Å²) in [7, 11) is 1.28. The molecule has 0 saturated heterocycles. The molecule has 1 aromatic heterocycles. The van der Waals surface area contributed by atoms with Gasteiger partial charge >= 0.3 is 12.1 Å². The molecule has 1 rings (SSSR count). The molecule has 0 unspecified atom stereocenters. The molecule has 0 aromatic carbocycles. The fourth-order valence-electron chi connectivity index (χ4n) is 1.73. The quantitative estimate of drug-likeness (QED) is 0.852. The lowest BCUT2D eigenvalue weighted by Crippen LogP contribution is -2.36. The Hall–Kier alpha value is -1.98. The number of furan rings is 1. The van der Waals surface area contributed by atoms with Crippen LogP contribution in [0.2, 0.25) is 0 Å². The Kier molecular flexibility index (Phi) is 7.16. The summed E-state index contributed by atoms with van der Waals surface area (Å²) in [6, 6.07) is 2.78. The number of esters is 1. The number of carbonyl (C=O) groups excluding carboxylic acids is 2. The third-order valence-corrected chi connectivity index (χ3v) is 2.66. The van der Waals surface area contributed by atoms with Gasteiger partial charge in [-0.3, -0.25) is 0 Å². The Balaban J connectivity index is 0.00000441. The molecule has 0 spiro atoms. The second-order valence-electron chi connectivity index (χ2n) is 6.06. The number of hydrogen-bond donors (Lipinski definition) is 1. The average Bonchev–Trinajstić information content (AvgIpc) is 2.81. The summed E-state index contributed by atoms with van der Waals surface area (Å²) in [5, 5.41) is 2.75. The summed E-state index contributed by atoms with van der Waals surface area (Å²) in [5.74, 6) is 0.0931. The number of nitrogens with one attached hydrogen (secondary N) is 1. The monoisotopic (exact) mass is 313 g/mol. The Morgan fingerprint density at radius 2 is 1.82 bits per heavy atom. The van der Waals surface area contributed by atoms with Gasteiger partial charge in [0, 0.05) is 0 Å². The van der Waals surface area contributed by atoms with Crippen LogP contribution in [0, 0.1) is 5.92 Å². The first kappa shape index (κ1) is 20.0. The predicted octanol–water partition coefficient (Wildman–Crippen LogP) is 3.92. The Morgan fingerprint density at radius 1 is 1.23 bits per heavy atom. The van der Waals surface area contributed by atoms with Crippen molar-refractivity contribution >= 4 is 12.1 Å². The number of ether oxygens (including phenoxy) is 2. The van der Waals surface area contributed by atoms with Gasteiger partial charge in [0.05, 0.1) is 13.2 Å². The number of methoxy groups -OCH3 is 1. The maximum Gasteiger partial charge on any atom is 0.408 e. The minimum absolute atomic E-state index is 0. The summed E-state index contributed by atoms with van der Waals surface area (Å²) >= 11 is 0. The normalized spacial score (nSPS) is 12.3. The van der Waals surface area contributed by atoms with Crippen LogP contribution in [0.5, 0.6) is 0 Å². The zero-order valence-corrected chi connectivity index (χ0v) is 13.4. The van der Waals surface area contributed by atoms with Crippen molar-refractivity contribution in [3.05, 3.63) is 23.7 Å². The predicted molar refractivity (Wildman–Crippen MR) is 83.7 cm³/mol. The Bertz CT molecular complexity index is 499. The van der Waals surface area contributed by atoms with Crippen molar-refractivity contribution in [2.45, 2.75) is 53.7 Å². The van der Waals surface area contributed by atoms with Crippen molar-refractivity contribution in [3.63, 3.8) is 0 Å². The molecule has 1 N–H and O–H groups in total. The van der Waals surface area contributed by atoms with Gasteiger partial charge in [0.1, 0.15) is 11.4 Å². The highest BCUT2D eigenvalue weighted by Gasteiger charge is 2.26. The molecule has 22 heavy (non-hydrogen) atoms. The first-order valence-electron chi connectivity index (χ1n) is 6.81. The van der Waals surface area contributed by atoms with Crippen molar-refractivity contribution in [1.82, 2.24) is 5.32 Å². The van der Waals surface area contributed by atoms with E-state index >= 15 is 0 Å². The maximum atomic E-state index is 11.9. The van der Waals surface area contributed by atoms with Crippen molar-refractivity contribution < 1.29 is 23.5 Å². The van der Waals surface area contributed by atoms with E-state index in [0.717, 1.165) is 0 Å². The van der Waals surface area contributed by atoms with Gasteiger partial charge < -0.3 is 19.2 Å². The SMILES string of the molecule is C.COC(=O)c1ccc([C@H](NC(=O)OC(C)(C)C)C(C)C)o1. The zero-order chi connectivity index (χ0) is 16.2. The minimum atomic E-state index is -0.577. The van der Waals surface area contributed by atoms with Crippen LogP contribution >= 0.6 is 0 Å². The first-order chi connectivity index (χ1) is 9.64. The van der Waals surface area contributed by atoms with E-state index in [0.29, 0.717) is 5.76 Å². The standard InChI is InChI=1S/C15H23NO5.CH4/c1-9(2)12(16-14(18)21-15(3,4)5)10-7-8-11(20-10)13(17)19-6;/h7-9,12H,1-6H3,(H,16,18);1H4/t12-;/m1./s1. The largest absolute Gasteiger partial charge is 0.463 e. The van der Waals surface area contributed by atoms with Crippen LogP contribution in [0.15, 0.2) is 16.5 Å². The van der Waals surface area contributed by atoms with E-state index in [2.05, 4.69) is 10.1 Å². The van der Waals surface area contributed by atoms with Gasteiger partial charge in [0.2, 0.25) is 5.76 Å². The summed E-state index contributed by atoms with van der Waals surface area (Å²) in [6.07, 6.45) is -0.530. The van der Waals surface area contributed by atoms with Gasteiger partial charge in [-0.25, -0.2) is 9.59 Å². The fourth-order valence-corrected chi connectivity index (χ4v) is 1.73. The van der Waals surface area contributed by atoms with Crippen LogP contribution in [-0.4, -0.2) is 24.8 Å². The molecule has 0 radical (unpaired) electrons. The topological polar surface area (TPSA) is 77.8 Å². The number of hydrogen-bond acceptors (Lipinski definition) is 5. The van der Waals surface area contributed by atoms with Crippen molar-refractivity contribution in [3.8, 4) is 0 Å². The summed E-state index contributed by atoms with van der Waals surface area (Å²) in [4.78, 5) is 23.3. The van der Waals surface area contributed by atoms with E-state index in [-0.39, 0.29) is 19.1 Å². The van der Waals surface area contributed by atoms with E-state index < -0.39 is 23.7 Å². The Labute approximate surface area is 132 Å². The Morgan fingerprint density at radius 3 is 2.27 bits per heavy atom. The second-order valence-corrected chi connectivity index (χ2v) is 6.06. The molecule has 0 aliphatic rings. The molecule has 1 heterocycles. The van der Waals surface area contributed by atoms with E-state index in [1.807, 2.05) is 13.8 Å². The molecular weight excluding hydrogens is 286 g/mol. The van der Waals surface area contributed by atoms with E-state index in [1.54, 1.807) is 26.8 Å². The molecule has 0 bridgehead atoms. The lowest BCUT2D eigenvalue weighted by atomic mass is 10.0. The molecule has 1 atom stereocenters. The lowest BCUT2D eigenvalue weighted by molar-refractivity contribution is 0.0480. The van der Waals surface area contributed by atoms with Gasteiger partial charge in [0.25, 0.3) is 0 Å². The molecule has 1 aromatic rings. The molecule has 1 amide bonds. The zero-order valence-electron chi connectivity index (χ0n) is 13.4. The third-order valence-electron chi connectivity index (χ3n) is 2.66. The van der Waals surface area contributed by atoms with Gasteiger partial charge in [-0.1, -0.05) is 21.3 Å². The highest BCUT2D eigenvalue weighted by Crippen LogP contribution is 2.24. The molecule has 0 aliphatic heterocycles. The molecule has 0 fully saturated rings. The van der Waals surface area contributed by atoms with Gasteiger partial charge in [-0.2, -0.15) is 0 Å². The van der Waals surface area contributed by atoms with Gasteiger partial charge in [-0.15, -0.1) is 0 Å². The second kappa shape index (κ2) is 7.87. The number of amides is 1. The van der Waals surface area contributed by atoms with E-state index in [9.17, 15) is 9.59 Å². The van der Waals surface area contributed by atoms with Crippen LogP contribution < -0.4 is 5.32 Å². The van der Waals surface area contributed by atoms with Crippen LogP contribution in [0.3, 0.4) is 0 Å². The van der Waals surface area contributed by atoms with Crippen molar-refractivity contribution in [1.29, 1.82) is 0 Å². The van der Waals surface area contributed by atoms with E-state index in [4.69, 9.17) is 9.15 Å². The highest BCUT2D eigenvalue weighted by atomic mass is 16.6. The number of alkyl carbamates (subject to hydrolysis) is 1. The highest BCUT2D eigenvalue weighted by molar-refractivity contribution is 5.86. The third kappa shape index (κ3) is 5.79. The van der Waals surface area contributed by atoms with Crippen LogP contribution in [0.1, 0.15) is 64.4 Å². The van der Waals surface area contributed by atoms with Crippen molar-refractivity contribution in [2.75, 3.05) is 7.11 Å². The molecule has 0 aliphatic carbocycles. The first-order valence-corrected chi connectivity index (χ1v) is 6.81. The number of rotatable bonds is 4. The molecule has 126 valence electrons. The van der Waals surface area contributed by atoms with Gasteiger partial charge in [-0.05, 0) is 38.8 Å². The minimum Gasteiger partial charge on any atom is -0.463 e. The van der Waals surface area contributed by atoms with Gasteiger partial charge in [0.15, 0.2) is 0 Å². The summed E-state index contributed by atoms with van der Waals surface area (Å²) in [5.41, 5.74) is -0.577.